The molecule has 0 bridgehead atoms. The van der Waals surface area contributed by atoms with E-state index in [9.17, 15) is 17.6 Å². The van der Waals surface area contributed by atoms with E-state index in [-0.39, 0.29) is 5.69 Å². The monoisotopic (exact) mass is 298 g/mol. The minimum Gasteiger partial charge on any atom is -0.670 e. The van der Waals surface area contributed by atoms with E-state index in [1.165, 1.54) is 18.3 Å². The molecular weight excluding hydrogens is 286 g/mol. The summed E-state index contributed by atoms with van der Waals surface area (Å²) < 4.78 is 52.2. The Morgan fingerprint density at radius 2 is 1.90 bits per heavy atom. The maximum atomic E-state index is 13.7. The Morgan fingerprint density at radius 3 is 2.43 bits per heavy atom. The molecule has 1 aromatic heterocycles. The van der Waals surface area contributed by atoms with Gasteiger partial charge in [-0.1, -0.05) is 19.0 Å². The number of nitrogens with one attached hydrogen (secondary N) is 2. The SMILES string of the molecule is CC([NH-])c1ccc(Nc2c(F)cccc2C(F)(F)F)cn1. The molecule has 0 saturated carbocycles. The van der Waals surface area contributed by atoms with Crippen LogP contribution in [0, 0.1) is 5.82 Å². The minimum absolute atomic E-state index is 0.218. The van der Waals surface area contributed by atoms with Crippen molar-refractivity contribution in [2.75, 3.05) is 5.32 Å². The van der Waals surface area contributed by atoms with Crippen LogP contribution in [0.15, 0.2) is 36.5 Å². The molecule has 0 aliphatic carbocycles. The number of nitrogens with zero attached hydrogens (tertiary/aromatic N) is 1. The molecule has 21 heavy (non-hydrogen) atoms. The van der Waals surface area contributed by atoms with E-state index in [2.05, 4.69) is 10.3 Å². The molecular formula is C14H12F4N3-. The number of hydrogen-bond acceptors (Lipinski definition) is 2. The number of pyridine rings is 1. The first-order valence-electron chi connectivity index (χ1n) is 6.09. The van der Waals surface area contributed by atoms with Gasteiger partial charge in [-0.05, 0) is 24.3 Å². The van der Waals surface area contributed by atoms with Crippen molar-refractivity contribution < 1.29 is 17.6 Å². The summed E-state index contributed by atoms with van der Waals surface area (Å²) in [6, 6.07) is 5.18. The number of benzene rings is 1. The maximum absolute atomic E-state index is 13.7. The summed E-state index contributed by atoms with van der Waals surface area (Å²) in [4.78, 5) is 3.94. The van der Waals surface area contributed by atoms with Crippen LogP contribution in [0.5, 0.6) is 0 Å². The van der Waals surface area contributed by atoms with Gasteiger partial charge in [-0.25, -0.2) is 4.39 Å². The number of anilines is 2. The molecule has 0 radical (unpaired) electrons. The average molecular weight is 298 g/mol. The summed E-state index contributed by atoms with van der Waals surface area (Å²) in [5.74, 6) is -0.997. The number of para-hydroxylation sites is 1. The highest BCUT2D eigenvalue weighted by Crippen LogP contribution is 2.37. The van der Waals surface area contributed by atoms with Crippen molar-refractivity contribution >= 4 is 11.4 Å². The van der Waals surface area contributed by atoms with Gasteiger partial charge in [0, 0.05) is 5.69 Å². The largest absolute Gasteiger partial charge is 0.670 e. The van der Waals surface area contributed by atoms with Gasteiger partial charge in [0.05, 0.1) is 23.1 Å². The molecule has 1 atom stereocenters. The normalized spacial score (nSPS) is 13.0. The summed E-state index contributed by atoms with van der Waals surface area (Å²) in [7, 11) is 0. The fourth-order valence-corrected chi connectivity index (χ4v) is 1.77. The van der Waals surface area contributed by atoms with E-state index in [0.717, 1.165) is 18.2 Å². The van der Waals surface area contributed by atoms with Crippen LogP contribution < -0.4 is 5.32 Å². The summed E-state index contributed by atoms with van der Waals surface area (Å²) in [6.07, 6.45) is -3.39. The molecule has 0 aliphatic heterocycles. The molecule has 0 fully saturated rings. The standard InChI is InChI=1S/C14H12F4N3/c1-8(19)12-6-5-9(7-20-12)21-13-10(14(16,17)18)3-2-4-11(13)15/h2-8,19,21H,1H3/q-1. The number of aromatic nitrogens is 1. The lowest BCUT2D eigenvalue weighted by molar-refractivity contribution is -0.137. The van der Waals surface area contributed by atoms with Crippen LogP contribution in [-0.2, 0) is 6.18 Å². The smallest absolute Gasteiger partial charge is 0.418 e. The van der Waals surface area contributed by atoms with E-state index in [0.29, 0.717) is 5.69 Å². The third-order valence-electron chi connectivity index (χ3n) is 2.82. The highest BCUT2D eigenvalue weighted by molar-refractivity contribution is 5.64. The zero-order chi connectivity index (χ0) is 15.6. The van der Waals surface area contributed by atoms with Crippen molar-refractivity contribution in [3.63, 3.8) is 0 Å². The molecule has 2 aromatic rings. The highest BCUT2D eigenvalue weighted by Gasteiger charge is 2.34. The Labute approximate surface area is 118 Å². The van der Waals surface area contributed by atoms with E-state index in [1.54, 1.807) is 6.92 Å². The molecule has 1 heterocycles. The van der Waals surface area contributed by atoms with Gasteiger partial charge < -0.3 is 11.1 Å². The molecule has 2 N–H and O–H groups in total. The van der Waals surface area contributed by atoms with Crippen molar-refractivity contribution in [2.24, 2.45) is 0 Å². The molecule has 7 heteroatoms. The van der Waals surface area contributed by atoms with Gasteiger partial charge in [0.2, 0.25) is 0 Å². The van der Waals surface area contributed by atoms with E-state index in [1.807, 2.05) is 0 Å². The first-order valence-corrected chi connectivity index (χ1v) is 6.09. The van der Waals surface area contributed by atoms with Gasteiger partial charge in [-0.2, -0.15) is 13.2 Å². The summed E-state index contributed by atoms with van der Waals surface area (Å²) in [5, 5.41) is 2.39. The molecule has 1 aromatic carbocycles. The van der Waals surface area contributed by atoms with Gasteiger partial charge in [0.1, 0.15) is 5.82 Å². The second kappa shape index (κ2) is 5.69. The summed E-state index contributed by atoms with van der Waals surface area (Å²) in [5.41, 5.74) is 6.44. The van der Waals surface area contributed by atoms with Gasteiger partial charge in [0.15, 0.2) is 0 Å². The second-order valence-corrected chi connectivity index (χ2v) is 4.48. The van der Waals surface area contributed by atoms with Crippen molar-refractivity contribution in [2.45, 2.75) is 19.1 Å². The Hall–Kier alpha value is -2.15. The predicted octanol–water partition coefficient (Wildman–Crippen LogP) is 5.10. The van der Waals surface area contributed by atoms with E-state index >= 15 is 0 Å². The Balaban J connectivity index is 2.35. The maximum Gasteiger partial charge on any atom is 0.418 e. The average Bonchev–Trinajstić information content (AvgIpc) is 2.40. The quantitative estimate of drug-likeness (QED) is 0.802. The topological polar surface area (TPSA) is 48.7 Å². The van der Waals surface area contributed by atoms with E-state index in [4.69, 9.17) is 5.73 Å². The van der Waals surface area contributed by atoms with Crippen molar-refractivity contribution in [3.05, 3.63) is 59.3 Å². The zero-order valence-electron chi connectivity index (χ0n) is 11.0. The van der Waals surface area contributed by atoms with Crippen molar-refractivity contribution in [1.82, 2.24) is 4.98 Å². The van der Waals surface area contributed by atoms with Gasteiger partial charge >= 0.3 is 6.18 Å². The van der Waals surface area contributed by atoms with Crippen LogP contribution >= 0.6 is 0 Å². The summed E-state index contributed by atoms with van der Waals surface area (Å²) >= 11 is 0. The Kier molecular flexibility index (Phi) is 4.13. The highest BCUT2D eigenvalue weighted by atomic mass is 19.4. The van der Waals surface area contributed by atoms with Crippen LogP contribution in [0.1, 0.15) is 24.2 Å². The molecule has 3 nitrogen and oxygen atoms in total. The van der Waals surface area contributed by atoms with E-state index < -0.39 is 29.3 Å². The van der Waals surface area contributed by atoms with Crippen LogP contribution in [0.2, 0.25) is 0 Å². The lowest BCUT2D eigenvalue weighted by Crippen LogP contribution is -2.10. The molecule has 0 amide bonds. The van der Waals surface area contributed by atoms with Crippen molar-refractivity contribution in [1.29, 1.82) is 0 Å². The first-order chi connectivity index (χ1) is 9.79. The molecule has 112 valence electrons. The molecule has 0 spiro atoms. The molecule has 1 unspecified atom stereocenters. The lowest BCUT2D eigenvalue weighted by atomic mass is 10.1. The Bertz CT molecular complexity index is 621. The number of alkyl halides is 3. The predicted molar refractivity (Wildman–Crippen MR) is 71.7 cm³/mol. The number of rotatable bonds is 3. The van der Waals surface area contributed by atoms with Crippen molar-refractivity contribution in [3.8, 4) is 0 Å². The summed E-state index contributed by atoms with van der Waals surface area (Å²) in [6.45, 7) is 1.62. The van der Waals surface area contributed by atoms with Gasteiger partial charge in [-0.15, -0.1) is 0 Å². The first kappa shape index (κ1) is 15.2. The molecule has 2 rings (SSSR count). The second-order valence-electron chi connectivity index (χ2n) is 4.48. The Morgan fingerprint density at radius 1 is 1.19 bits per heavy atom. The van der Waals surface area contributed by atoms with Crippen LogP contribution in [0.3, 0.4) is 0 Å². The minimum atomic E-state index is -4.66. The number of hydrogen-bond donors (Lipinski definition) is 1. The third-order valence-corrected chi connectivity index (χ3v) is 2.82. The fraction of sp³-hybridized carbons (Fsp3) is 0.214. The van der Waals surface area contributed by atoms with Crippen LogP contribution in [-0.4, -0.2) is 4.98 Å². The fourth-order valence-electron chi connectivity index (χ4n) is 1.77. The third kappa shape index (κ3) is 3.49. The lowest BCUT2D eigenvalue weighted by Gasteiger charge is -2.16. The molecule has 0 aliphatic rings. The molecule has 0 saturated heterocycles. The van der Waals surface area contributed by atoms with Crippen LogP contribution in [0.4, 0.5) is 28.9 Å². The van der Waals surface area contributed by atoms with Gasteiger partial charge in [-0.3, -0.25) is 4.98 Å². The van der Waals surface area contributed by atoms with Gasteiger partial charge in [0.25, 0.3) is 0 Å². The van der Waals surface area contributed by atoms with Crippen LogP contribution in [0.25, 0.3) is 5.73 Å². The zero-order valence-corrected chi connectivity index (χ0v) is 11.0. The number of halogens is 4.